The molecular formula is C15H24N2O. The van der Waals surface area contributed by atoms with Crippen molar-refractivity contribution in [3.8, 4) is 5.75 Å². The van der Waals surface area contributed by atoms with Gasteiger partial charge in [0.15, 0.2) is 0 Å². The highest BCUT2D eigenvalue weighted by atomic mass is 16.5. The fraction of sp³-hybridized carbons (Fsp3) is 0.600. The van der Waals surface area contributed by atoms with Gasteiger partial charge in [-0.1, -0.05) is 12.5 Å². The first-order valence-electron chi connectivity index (χ1n) is 6.80. The predicted molar refractivity (Wildman–Crippen MR) is 75.7 cm³/mol. The standard InChI is InChI=1S/C15H24N2O/c1-11-5-4-6-12(2)17(11)10-13-7-8-14(16)9-15(13)18-3/h7-9,11-12H,4-6,10,16H2,1-3H3. The van der Waals surface area contributed by atoms with Crippen molar-refractivity contribution in [2.45, 2.75) is 51.7 Å². The van der Waals surface area contributed by atoms with Gasteiger partial charge in [-0.2, -0.15) is 0 Å². The van der Waals surface area contributed by atoms with Gasteiger partial charge in [-0.05, 0) is 32.8 Å². The Balaban J connectivity index is 2.17. The molecule has 1 aliphatic heterocycles. The molecule has 0 bridgehead atoms. The predicted octanol–water partition coefficient (Wildman–Crippen LogP) is 3.04. The third kappa shape index (κ3) is 2.78. The zero-order valence-corrected chi connectivity index (χ0v) is 11.6. The summed E-state index contributed by atoms with van der Waals surface area (Å²) in [6.07, 6.45) is 3.93. The molecule has 3 heteroatoms. The molecule has 0 saturated carbocycles. The zero-order chi connectivity index (χ0) is 13.1. The van der Waals surface area contributed by atoms with E-state index in [9.17, 15) is 0 Å². The quantitative estimate of drug-likeness (QED) is 0.836. The van der Waals surface area contributed by atoms with Gasteiger partial charge in [-0.3, -0.25) is 4.90 Å². The lowest BCUT2D eigenvalue weighted by molar-refractivity contribution is 0.0943. The second kappa shape index (κ2) is 5.61. The number of benzene rings is 1. The van der Waals surface area contributed by atoms with Crippen molar-refractivity contribution >= 4 is 5.69 Å². The average Bonchev–Trinajstić information content (AvgIpc) is 2.35. The van der Waals surface area contributed by atoms with Gasteiger partial charge in [-0.15, -0.1) is 0 Å². The number of hydrogen-bond donors (Lipinski definition) is 1. The van der Waals surface area contributed by atoms with Crippen LogP contribution >= 0.6 is 0 Å². The summed E-state index contributed by atoms with van der Waals surface area (Å²) in [6.45, 7) is 5.59. The number of hydrogen-bond acceptors (Lipinski definition) is 3. The van der Waals surface area contributed by atoms with Gasteiger partial charge in [0.25, 0.3) is 0 Å². The van der Waals surface area contributed by atoms with E-state index in [4.69, 9.17) is 10.5 Å². The van der Waals surface area contributed by atoms with Crippen LogP contribution in [-0.2, 0) is 6.54 Å². The van der Waals surface area contributed by atoms with E-state index in [1.807, 2.05) is 12.1 Å². The number of nitrogens with two attached hydrogens (primary N) is 1. The van der Waals surface area contributed by atoms with Gasteiger partial charge < -0.3 is 10.5 Å². The van der Waals surface area contributed by atoms with Gasteiger partial charge in [0.05, 0.1) is 7.11 Å². The van der Waals surface area contributed by atoms with Gasteiger partial charge in [0, 0.05) is 35.9 Å². The third-order valence-corrected chi connectivity index (χ3v) is 4.04. The van der Waals surface area contributed by atoms with E-state index < -0.39 is 0 Å². The van der Waals surface area contributed by atoms with E-state index in [-0.39, 0.29) is 0 Å². The molecule has 0 aliphatic carbocycles. The van der Waals surface area contributed by atoms with Gasteiger partial charge in [0.2, 0.25) is 0 Å². The fourth-order valence-electron chi connectivity index (χ4n) is 2.87. The Morgan fingerprint density at radius 2 is 1.94 bits per heavy atom. The molecule has 0 amide bonds. The molecule has 1 aliphatic rings. The Hall–Kier alpha value is -1.22. The molecule has 1 aromatic rings. The molecule has 2 unspecified atom stereocenters. The van der Waals surface area contributed by atoms with Crippen LogP contribution in [-0.4, -0.2) is 24.1 Å². The summed E-state index contributed by atoms with van der Waals surface area (Å²) in [5.41, 5.74) is 7.79. The van der Waals surface area contributed by atoms with E-state index in [2.05, 4.69) is 24.8 Å². The molecule has 2 N–H and O–H groups in total. The largest absolute Gasteiger partial charge is 0.496 e. The Morgan fingerprint density at radius 1 is 1.28 bits per heavy atom. The van der Waals surface area contributed by atoms with Crippen molar-refractivity contribution in [3.63, 3.8) is 0 Å². The first-order chi connectivity index (χ1) is 8.61. The number of nitrogen functional groups attached to an aromatic ring is 1. The van der Waals surface area contributed by atoms with Crippen molar-refractivity contribution in [2.75, 3.05) is 12.8 Å². The Morgan fingerprint density at radius 3 is 2.56 bits per heavy atom. The van der Waals surface area contributed by atoms with E-state index in [0.717, 1.165) is 18.0 Å². The molecule has 1 saturated heterocycles. The summed E-state index contributed by atoms with van der Waals surface area (Å²) < 4.78 is 5.43. The Kier molecular flexibility index (Phi) is 4.12. The molecular weight excluding hydrogens is 224 g/mol. The lowest BCUT2D eigenvalue weighted by Gasteiger charge is -2.39. The molecule has 0 radical (unpaired) electrons. The van der Waals surface area contributed by atoms with Crippen LogP contribution in [0.2, 0.25) is 0 Å². The lowest BCUT2D eigenvalue weighted by Crippen LogP contribution is -2.43. The molecule has 1 fully saturated rings. The van der Waals surface area contributed by atoms with Gasteiger partial charge in [-0.25, -0.2) is 0 Å². The van der Waals surface area contributed by atoms with Crippen LogP contribution in [0.1, 0.15) is 38.7 Å². The molecule has 1 heterocycles. The molecule has 3 nitrogen and oxygen atoms in total. The zero-order valence-electron chi connectivity index (χ0n) is 11.6. The van der Waals surface area contributed by atoms with Crippen molar-refractivity contribution < 1.29 is 4.74 Å². The van der Waals surface area contributed by atoms with Crippen LogP contribution in [0.4, 0.5) is 5.69 Å². The number of rotatable bonds is 3. The minimum atomic E-state index is 0.649. The number of ether oxygens (including phenoxy) is 1. The van der Waals surface area contributed by atoms with Gasteiger partial charge >= 0.3 is 0 Å². The molecule has 0 aromatic heterocycles. The number of methoxy groups -OCH3 is 1. The number of piperidine rings is 1. The minimum absolute atomic E-state index is 0.649. The Labute approximate surface area is 110 Å². The maximum Gasteiger partial charge on any atom is 0.125 e. The van der Waals surface area contributed by atoms with Crippen LogP contribution in [0.15, 0.2) is 18.2 Å². The van der Waals surface area contributed by atoms with Crippen molar-refractivity contribution in [2.24, 2.45) is 0 Å². The van der Waals surface area contributed by atoms with Crippen LogP contribution in [0, 0.1) is 0 Å². The van der Waals surface area contributed by atoms with Crippen molar-refractivity contribution in [3.05, 3.63) is 23.8 Å². The fourth-order valence-corrected chi connectivity index (χ4v) is 2.87. The highest BCUT2D eigenvalue weighted by Gasteiger charge is 2.25. The lowest BCUT2D eigenvalue weighted by atomic mass is 9.96. The summed E-state index contributed by atoms with van der Waals surface area (Å²) in [6, 6.07) is 7.25. The highest BCUT2D eigenvalue weighted by Crippen LogP contribution is 2.28. The number of nitrogens with zero attached hydrogens (tertiary/aromatic N) is 1. The molecule has 2 atom stereocenters. The molecule has 100 valence electrons. The van der Waals surface area contributed by atoms with E-state index >= 15 is 0 Å². The second-order valence-electron chi connectivity index (χ2n) is 5.37. The third-order valence-electron chi connectivity index (χ3n) is 4.04. The van der Waals surface area contributed by atoms with E-state index in [1.54, 1.807) is 7.11 Å². The van der Waals surface area contributed by atoms with Gasteiger partial charge in [0.1, 0.15) is 5.75 Å². The monoisotopic (exact) mass is 248 g/mol. The SMILES string of the molecule is COc1cc(N)ccc1CN1C(C)CCCC1C. The smallest absolute Gasteiger partial charge is 0.125 e. The average molecular weight is 248 g/mol. The summed E-state index contributed by atoms with van der Waals surface area (Å²) >= 11 is 0. The summed E-state index contributed by atoms with van der Waals surface area (Å²) in [5, 5.41) is 0. The van der Waals surface area contributed by atoms with Crippen LogP contribution in [0.25, 0.3) is 0 Å². The topological polar surface area (TPSA) is 38.5 Å². The molecule has 0 spiro atoms. The minimum Gasteiger partial charge on any atom is -0.496 e. The summed E-state index contributed by atoms with van der Waals surface area (Å²) in [5.74, 6) is 0.903. The first kappa shape index (κ1) is 13.2. The highest BCUT2D eigenvalue weighted by molar-refractivity contribution is 5.48. The second-order valence-corrected chi connectivity index (χ2v) is 5.37. The molecule has 18 heavy (non-hydrogen) atoms. The summed E-state index contributed by atoms with van der Waals surface area (Å²) in [7, 11) is 1.71. The first-order valence-corrected chi connectivity index (χ1v) is 6.80. The van der Waals surface area contributed by atoms with E-state index in [0.29, 0.717) is 12.1 Å². The number of anilines is 1. The Bertz CT molecular complexity index is 395. The van der Waals surface area contributed by atoms with Crippen molar-refractivity contribution in [1.82, 2.24) is 4.90 Å². The number of likely N-dealkylation sites (tertiary alicyclic amines) is 1. The maximum absolute atomic E-state index is 5.80. The van der Waals surface area contributed by atoms with Crippen LogP contribution < -0.4 is 10.5 Å². The normalized spacial score (nSPS) is 25.1. The van der Waals surface area contributed by atoms with E-state index in [1.165, 1.54) is 24.8 Å². The molecule has 2 rings (SSSR count). The van der Waals surface area contributed by atoms with Crippen LogP contribution in [0.5, 0.6) is 5.75 Å². The van der Waals surface area contributed by atoms with Crippen molar-refractivity contribution in [1.29, 1.82) is 0 Å². The van der Waals surface area contributed by atoms with Crippen LogP contribution in [0.3, 0.4) is 0 Å². The summed E-state index contributed by atoms with van der Waals surface area (Å²) in [4.78, 5) is 2.57. The molecule has 1 aromatic carbocycles. The maximum atomic E-state index is 5.80.